The molecule has 74 valence electrons. The quantitative estimate of drug-likeness (QED) is 0.680. The molecule has 0 aliphatic heterocycles. The molecule has 14 heavy (non-hydrogen) atoms. The fourth-order valence-corrected chi connectivity index (χ4v) is 2.09. The van der Waals surface area contributed by atoms with E-state index in [2.05, 4.69) is 18.8 Å². The number of aromatic nitrogens is 1. The van der Waals surface area contributed by atoms with Crippen molar-refractivity contribution in [2.75, 3.05) is 0 Å². The predicted octanol–water partition coefficient (Wildman–Crippen LogP) is 2.72. The van der Waals surface area contributed by atoms with Gasteiger partial charge in [0.15, 0.2) is 5.78 Å². The summed E-state index contributed by atoms with van der Waals surface area (Å²) in [6, 6.07) is 1.86. The van der Waals surface area contributed by atoms with Crippen LogP contribution in [0.5, 0.6) is 0 Å². The third-order valence-corrected chi connectivity index (χ3v) is 2.77. The van der Waals surface area contributed by atoms with E-state index in [1.54, 1.807) is 6.20 Å². The average Bonchev–Trinajstić information content (AvgIpc) is 2.17. The molecule has 0 unspecified atom stereocenters. The molecule has 2 heteroatoms. The number of rotatable bonds is 1. The monoisotopic (exact) mass is 189 g/mol. The molecule has 1 heterocycles. The first-order valence-corrected chi connectivity index (χ1v) is 5.21. The molecule has 0 atom stereocenters. The average molecular weight is 189 g/mol. The van der Waals surface area contributed by atoms with Crippen LogP contribution >= 0.6 is 0 Å². The van der Waals surface area contributed by atoms with Crippen molar-refractivity contribution >= 4 is 5.78 Å². The normalized spacial score (nSPS) is 15.8. The number of hydrogen-bond donors (Lipinski definition) is 0. The second-order valence-corrected chi connectivity index (χ2v) is 4.15. The molecule has 2 nitrogen and oxygen atoms in total. The van der Waals surface area contributed by atoms with Crippen LogP contribution in [-0.4, -0.2) is 10.8 Å². The Morgan fingerprint density at radius 3 is 2.86 bits per heavy atom. The van der Waals surface area contributed by atoms with Gasteiger partial charge in [0.1, 0.15) is 0 Å². The summed E-state index contributed by atoms with van der Waals surface area (Å²) < 4.78 is 0. The van der Waals surface area contributed by atoms with E-state index in [0.29, 0.717) is 12.3 Å². The van der Waals surface area contributed by atoms with Crippen LogP contribution in [0.25, 0.3) is 0 Å². The molecule has 1 aliphatic rings. The van der Waals surface area contributed by atoms with E-state index >= 15 is 0 Å². The zero-order valence-electron chi connectivity index (χ0n) is 8.71. The zero-order valence-corrected chi connectivity index (χ0v) is 8.71. The van der Waals surface area contributed by atoms with Crippen molar-refractivity contribution in [3.8, 4) is 0 Å². The summed E-state index contributed by atoms with van der Waals surface area (Å²) in [6.07, 6.45) is 4.46. The van der Waals surface area contributed by atoms with Crippen LogP contribution in [0.15, 0.2) is 12.3 Å². The van der Waals surface area contributed by atoms with E-state index in [1.807, 2.05) is 6.07 Å². The Morgan fingerprint density at radius 1 is 1.36 bits per heavy atom. The van der Waals surface area contributed by atoms with E-state index in [4.69, 9.17) is 0 Å². The minimum Gasteiger partial charge on any atom is -0.294 e. The molecule has 0 fully saturated rings. The van der Waals surface area contributed by atoms with Gasteiger partial charge in [0.25, 0.3) is 0 Å². The van der Waals surface area contributed by atoms with E-state index in [-0.39, 0.29) is 5.78 Å². The Hall–Kier alpha value is -1.18. The number of carbonyl (C=O) groups is 1. The van der Waals surface area contributed by atoms with Gasteiger partial charge in [-0.1, -0.05) is 13.8 Å². The smallest absolute Gasteiger partial charge is 0.163 e. The fourth-order valence-electron chi connectivity index (χ4n) is 2.09. The first-order valence-electron chi connectivity index (χ1n) is 5.21. The highest BCUT2D eigenvalue weighted by molar-refractivity contribution is 5.98. The first-order chi connectivity index (χ1) is 6.70. The number of fused-ring (bicyclic) bond motifs is 1. The number of ketones is 1. The van der Waals surface area contributed by atoms with Crippen molar-refractivity contribution < 1.29 is 4.79 Å². The van der Waals surface area contributed by atoms with Crippen molar-refractivity contribution in [3.63, 3.8) is 0 Å². The van der Waals surface area contributed by atoms with Crippen LogP contribution in [0, 0.1) is 0 Å². The Balaban J connectivity index is 2.55. The lowest BCUT2D eigenvalue weighted by molar-refractivity contribution is 0.0972. The lowest BCUT2D eigenvalue weighted by atomic mass is 9.87. The van der Waals surface area contributed by atoms with Gasteiger partial charge in [-0.25, -0.2) is 0 Å². The van der Waals surface area contributed by atoms with Crippen molar-refractivity contribution in [2.24, 2.45) is 0 Å². The summed E-state index contributed by atoms with van der Waals surface area (Å²) >= 11 is 0. The molecule has 1 aliphatic carbocycles. The van der Waals surface area contributed by atoms with E-state index in [1.165, 1.54) is 5.56 Å². The number of carbonyl (C=O) groups excluding carboxylic acids is 1. The molecule has 1 aromatic heterocycles. The molecule has 0 N–H and O–H groups in total. The second kappa shape index (κ2) is 3.52. The highest BCUT2D eigenvalue weighted by Crippen LogP contribution is 2.26. The maximum atomic E-state index is 11.6. The van der Waals surface area contributed by atoms with Crippen molar-refractivity contribution in [1.82, 2.24) is 4.98 Å². The highest BCUT2D eigenvalue weighted by Gasteiger charge is 2.21. The Labute approximate surface area is 84.4 Å². The Morgan fingerprint density at radius 2 is 2.14 bits per heavy atom. The summed E-state index contributed by atoms with van der Waals surface area (Å²) in [4.78, 5) is 16.0. The summed E-state index contributed by atoms with van der Waals surface area (Å²) in [6.45, 7) is 4.25. The fraction of sp³-hybridized carbons (Fsp3) is 0.500. The second-order valence-electron chi connectivity index (χ2n) is 4.15. The molecule has 0 amide bonds. The Kier molecular flexibility index (Phi) is 2.36. The molecular formula is C12H15NO. The maximum absolute atomic E-state index is 11.6. The van der Waals surface area contributed by atoms with Gasteiger partial charge in [0.2, 0.25) is 0 Å². The molecule has 0 radical (unpaired) electrons. The van der Waals surface area contributed by atoms with Gasteiger partial charge in [0.05, 0.1) is 0 Å². The van der Waals surface area contributed by atoms with Crippen LogP contribution < -0.4 is 0 Å². The summed E-state index contributed by atoms with van der Waals surface area (Å²) in [7, 11) is 0. The minimum absolute atomic E-state index is 0.288. The van der Waals surface area contributed by atoms with Gasteiger partial charge >= 0.3 is 0 Å². The van der Waals surface area contributed by atoms with Crippen LogP contribution in [0.2, 0.25) is 0 Å². The van der Waals surface area contributed by atoms with Gasteiger partial charge in [-0.05, 0) is 30.4 Å². The van der Waals surface area contributed by atoms with Gasteiger partial charge in [-0.3, -0.25) is 9.78 Å². The predicted molar refractivity (Wildman–Crippen MR) is 55.6 cm³/mol. The summed E-state index contributed by atoms with van der Waals surface area (Å²) in [5.74, 6) is 0.700. The molecule has 0 saturated carbocycles. The molecule has 0 saturated heterocycles. The molecule has 1 aromatic rings. The third kappa shape index (κ3) is 1.45. The van der Waals surface area contributed by atoms with Crippen LogP contribution in [0.3, 0.4) is 0 Å². The molecule has 2 rings (SSSR count). The molecule has 0 bridgehead atoms. The van der Waals surface area contributed by atoms with Crippen molar-refractivity contribution in [1.29, 1.82) is 0 Å². The highest BCUT2D eigenvalue weighted by atomic mass is 16.1. The van der Waals surface area contributed by atoms with Crippen molar-refractivity contribution in [3.05, 3.63) is 29.1 Å². The zero-order chi connectivity index (χ0) is 10.1. The topological polar surface area (TPSA) is 30.0 Å². The molecule has 0 aromatic carbocycles. The first kappa shape index (κ1) is 9.38. The maximum Gasteiger partial charge on any atom is 0.163 e. The van der Waals surface area contributed by atoms with Gasteiger partial charge in [0, 0.05) is 23.9 Å². The molecule has 0 spiro atoms. The SMILES string of the molecule is CC(C)c1nccc2c1CCCC2=O. The van der Waals surface area contributed by atoms with Gasteiger partial charge in [-0.15, -0.1) is 0 Å². The summed E-state index contributed by atoms with van der Waals surface area (Å²) in [5, 5.41) is 0. The minimum atomic E-state index is 0.288. The van der Waals surface area contributed by atoms with Crippen LogP contribution in [0.4, 0.5) is 0 Å². The van der Waals surface area contributed by atoms with E-state index in [9.17, 15) is 4.79 Å². The van der Waals surface area contributed by atoms with Crippen molar-refractivity contribution in [2.45, 2.75) is 39.0 Å². The number of nitrogens with zero attached hydrogens (tertiary/aromatic N) is 1. The summed E-state index contributed by atoms with van der Waals surface area (Å²) in [5.41, 5.74) is 3.21. The lowest BCUT2D eigenvalue weighted by Gasteiger charge is -2.19. The van der Waals surface area contributed by atoms with Gasteiger partial charge in [-0.2, -0.15) is 0 Å². The Bertz CT molecular complexity index is 369. The largest absolute Gasteiger partial charge is 0.294 e. The number of pyridine rings is 1. The molecular weight excluding hydrogens is 174 g/mol. The number of hydrogen-bond acceptors (Lipinski definition) is 2. The van der Waals surface area contributed by atoms with Crippen LogP contribution in [-0.2, 0) is 6.42 Å². The lowest BCUT2D eigenvalue weighted by Crippen LogP contribution is -2.14. The number of Topliss-reactive ketones (excluding diaryl/α,β-unsaturated/α-hetero) is 1. The third-order valence-electron chi connectivity index (χ3n) is 2.77. The van der Waals surface area contributed by atoms with Crippen LogP contribution in [0.1, 0.15) is 54.2 Å². The van der Waals surface area contributed by atoms with Gasteiger partial charge < -0.3 is 0 Å². The standard InChI is InChI=1S/C12H15NO/c1-8(2)12-10-4-3-5-11(14)9(10)6-7-13-12/h6-8H,3-5H2,1-2H3. The van der Waals surface area contributed by atoms with E-state index < -0.39 is 0 Å². The van der Waals surface area contributed by atoms with E-state index in [0.717, 1.165) is 24.1 Å².